The molecule has 1 heterocycles. The van der Waals surface area contributed by atoms with E-state index in [-0.39, 0.29) is 6.54 Å². The third-order valence-corrected chi connectivity index (χ3v) is 5.32. The van der Waals surface area contributed by atoms with E-state index in [4.69, 9.17) is 18.9 Å². The van der Waals surface area contributed by atoms with Crippen molar-refractivity contribution in [3.05, 3.63) is 46.8 Å². The van der Waals surface area contributed by atoms with Gasteiger partial charge >= 0.3 is 5.97 Å². The van der Waals surface area contributed by atoms with Crippen molar-refractivity contribution in [2.75, 3.05) is 27.9 Å². The Bertz CT molecular complexity index is 1130. The Labute approximate surface area is 177 Å². The predicted octanol–water partition coefficient (Wildman–Crippen LogP) is 3.03. The molecule has 0 aliphatic rings. The Morgan fingerprint density at radius 2 is 1.70 bits per heavy atom. The molecule has 0 spiro atoms. The molecule has 0 saturated heterocycles. The van der Waals surface area contributed by atoms with Crippen LogP contribution in [0.3, 0.4) is 0 Å². The minimum atomic E-state index is -0.484. The zero-order valence-corrected chi connectivity index (χ0v) is 17.9. The number of hydrogen-bond acceptors (Lipinski definition) is 7. The quantitative estimate of drug-likeness (QED) is 0.536. The van der Waals surface area contributed by atoms with E-state index >= 15 is 0 Å². The molecule has 0 radical (unpaired) electrons. The molecule has 0 unspecified atom stereocenters. The van der Waals surface area contributed by atoms with Gasteiger partial charge in [-0.2, -0.15) is 4.99 Å². The second kappa shape index (κ2) is 9.45. The van der Waals surface area contributed by atoms with Crippen molar-refractivity contribution in [2.45, 2.75) is 13.5 Å². The standard InChI is InChI=1S/C21H22N2O6S/c1-5-29-14-6-7-17-18(11-14)30-21(23(17)12-19(24)28-4)22-20(25)13-8-15(26-2)10-16(9-13)27-3/h6-11H,5,12H2,1-4H3. The molecule has 30 heavy (non-hydrogen) atoms. The fraction of sp³-hybridized carbons (Fsp3) is 0.286. The molecule has 3 aromatic rings. The van der Waals surface area contributed by atoms with Crippen LogP contribution in [0.25, 0.3) is 10.2 Å². The summed E-state index contributed by atoms with van der Waals surface area (Å²) in [6.45, 7) is 2.36. The lowest BCUT2D eigenvalue weighted by Gasteiger charge is -2.06. The number of fused-ring (bicyclic) bond motifs is 1. The average molecular weight is 430 g/mol. The number of thiazole rings is 1. The predicted molar refractivity (Wildman–Crippen MR) is 112 cm³/mol. The van der Waals surface area contributed by atoms with Crippen molar-refractivity contribution < 1.29 is 28.5 Å². The Morgan fingerprint density at radius 3 is 2.30 bits per heavy atom. The van der Waals surface area contributed by atoms with Gasteiger partial charge in [-0.1, -0.05) is 11.3 Å². The highest BCUT2D eigenvalue weighted by Crippen LogP contribution is 2.25. The maximum atomic E-state index is 12.9. The van der Waals surface area contributed by atoms with E-state index in [0.29, 0.717) is 34.2 Å². The first kappa shape index (κ1) is 21.4. The lowest BCUT2D eigenvalue weighted by molar-refractivity contribution is -0.141. The van der Waals surface area contributed by atoms with Gasteiger partial charge in [-0.25, -0.2) is 0 Å². The van der Waals surface area contributed by atoms with E-state index in [9.17, 15) is 9.59 Å². The van der Waals surface area contributed by atoms with Crippen LogP contribution in [0.4, 0.5) is 0 Å². The summed E-state index contributed by atoms with van der Waals surface area (Å²) in [6, 6.07) is 10.3. The number of esters is 1. The molecule has 0 aliphatic heterocycles. The molecular formula is C21H22N2O6S. The van der Waals surface area contributed by atoms with E-state index in [2.05, 4.69) is 4.99 Å². The van der Waals surface area contributed by atoms with E-state index in [1.54, 1.807) is 22.8 Å². The fourth-order valence-electron chi connectivity index (χ4n) is 2.82. The minimum absolute atomic E-state index is 0.0714. The molecule has 158 valence electrons. The Morgan fingerprint density at radius 1 is 1.00 bits per heavy atom. The minimum Gasteiger partial charge on any atom is -0.497 e. The van der Waals surface area contributed by atoms with Crippen molar-refractivity contribution in [3.63, 3.8) is 0 Å². The summed E-state index contributed by atoms with van der Waals surface area (Å²) in [5.74, 6) is 0.732. The molecule has 0 fully saturated rings. The molecule has 3 rings (SSSR count). The molecule has 8 nitrogen and oxygen atoms in total. The summed E-state index contributed by atoms with van der Waals surface area (Å²) in [5.41, 5.74) is 1.06. The highest BCUT2D eigenvalue weighted by molar-refractivity contribution is 7.16. The summed E-state index contributed by atoms with van der Waals surface area (Å²) in [5, 5.41) is 0. The van der Waals surface area contributed by atoms with Gasteiger partial charge in [0.15, 0.2) is 4.80 Å². The highest BCUT2D eigenvalue weighted by Gasteiger charge is 2.14. The van der Waals surface area contributed by atoms with E-state index in [1.807, 2.05) is 25.1 Å². The van der Waals surface area contributed by atoms with Crippen LogP contribution < -0.4 is 19.0 Å². The van der Waals surface area contributed by atoms with E-state index < -0.39 is 11.9 Å². The molecule has 0 aliphatic carbocycles. The fourth-order valence-corrected chi connectivity index (χ4v) is 3.88. The van der Waals surface area contributed by atoms with Gasteiger partial charge in [0.2, 0.25) is 0 Å². The van der Waals surface area contributed by atoms with Crippen LogP contribution >= 0.6 is 11.3 Å². The van der Waals surface area contributed by atoms with Crippen molar-refractivity contribution in [2.24, 2.45) is 4.99 Å². The number of carbonyl (C=O) groups excluding carboxylic acids is 2. The topological polar surface area (TPSA) is 88.4 Å². The average Bonchev–Trinajstić information content (AvgIpc) is 3.09. The zero-order chi connectivity index (χ0) is 21.7. The van der Waals surface area contributed by atoms with Crippen LogP contribution in [0.5, 0.6) is 17.2 Å². The third-order valence-electron chi connectivity index (χ3n) is 4.28. The Balaban J connectivity index is 2.12. The van der Waals surface area contributed by atoms with Gasteiger partial charge in [0.05, 0.1) is 38.2 Å². The van der Waals surface area contributed by atoms with Crippen LogP contribution in [0, 0.1) is 0 Å². The normalized spacial score (nSPS) is 11.4. The first-order valence-corrected chi connectivity index (χ1v) is 9.95. The van der Waals surface area contributed by atoms with Crippen LogP contribution in [-0.2, 0) is 16.1 Å². The lowest BCUT2D eigenvalue weighted by Crippen LogP contribution is -2.22. The number of nitrogens with zero attached hydrogens (tertiary/aromatic N) is 2. The second-order valence-corrected chi connectivity index (χ2v) is 7.14. The molecule has 9 heteroatoms. The van der Waals surface area contributed by atoms with Crippen LogP contribution in [0.15, 0.2) is 41.4 Å². The van der Waals surface area contributed by atoms with Crippen molar-refractivity contribution in [3.8, 4) is 17.2 Å². The maximum Gasteiger partial charge on any atom is 0.325 e. The number of methoxy groups -OCH3 is 3. The van der Waals surface area contributed by atoms with Gasteiger partial charge in [-0.15, -0.1) is 0 Å². The van der Waals surface area contributed by atoms with E-state index in [1.165, 1.54) is 32.7 Å². The van der Waals surface area contributed by atoms with Crippen molar-refractivity contribution >= 4 is 33.4 Å². The number of rotatable bonds is 7. The summed E-state index contributed by atoms with van der Waals surface area (Å²) in [4.78, 5) is 29.5. The van der Waals surface area contributed by atoms with Gasteiger partial charge < -0.3 is 23.5 Å². The number of amides is 1. The van der Waals surface area contributed by atoms with Gasteiger partial charge in [0, 0.05) is 11.6 Å². The number of carbonyl (C=O) groups is 2. The van der Waals surface area contributed by atoms with Crippen LogP contribution in [-0.4, -0.2) is 44.4 Å². The molecule has 0 N–H and O–H groups in total. The summed E-state index contributed by atoms with van der Waals surface area (Å²) < 4.78 is 23.3. The zero-order valence-electron chi connectivity index (χ0n) is 17.1. The monoisotopic (exact) mass is 430 g/mol. The third kappa shape index (κ3) is 4.62. The number of benzene rings is 2. The number of hydrogen-bond donors (Lipinski definition) is 0. The van der Waals surface area contributed by atoms with Crippen molar-refractivity contribution in [1.82, 2.24) is 4.57 Å². The van der Waals surface area contributed by atoms with Gasteiger partial charge in [-0.05, 0) is 37.3 Å². The molecular weight excluding hydrogens is 408 g/mol. The van der Waals surface area contributed by atoms with Gasteiger partial charge in [0.1, 0.15) is 23.8 Å². The largest absolute Gasteiger partial charge is 0.497 e. The van der Waals surface area contributed by atoms with Gasteiger partial charge in [-0.3, -0.25) is 9.59 Å². The highest BCUT2D eigenvalue weighted by atomic mass is 32.1. The Kier molecular flexibility index (Phi) is 6.73. The van der Waals surface area contributed by atoms with Crippen LogP contribution in [0.2, 0.25) is 0 Å². The second-order valence-electron chi connectivity index (χ2n) is 6.13. The number of ether oxygens (including phenoxy) is 4. The molecule has 0 saturated carbocycles. The maximum absolute atomic E-state index is 12.9. The van der Waals surface area contributed by atoms with Crippen LogP contribution in [0.1, 0.15) is 17.3 Å². The first-order valence-electron chi connectivity index (χ1n) is 9.14. The molecule has 2 aromatic carbocycles. The first-order chi connectivity index (χ1) is 14.5. The smallest absolute Gasteiger partial charge is 0.325 e. The summed E-state index contributed by atoms with van der Waals surface area (Å²) in [6.07, 6.45) is 0. The van der Waals surface area contributed by atoms with E-state index in [0.717, 1.165) is 10.2 Å². The molecule has 0 bridgehead atoms. The number of aromatic nitrogens is 1. The lowest BCUT2D eigenvalue weighted by atomic mass is 10.2. The summed E-state index contributed by atoms with van der Waals surface area (Å²) in [7, 11) is 4.33. The molecule has 1 aromatic heterocycles. The van der Waals surface area contributed by atoms with Crippen molar-refractivity contribution in [1.29, 1.82) is 0 Å². The molecule has 1 amide bonds. The SMILES string of the molecule is CCOc1ccc2c(c1)sc(=NC(=O)c1cc(OC)cc(OC)c1)n2CC(=O)OC. The Hall–Kier alpha value is -3.33. The molecule has 0 atom stereocenters. The van der Waals surface area contributed by atoms with Gasteiger partial charge in [0.25, 0.3) is 5.91 Å². The summed E-state index contributed by atoms with van der Waals surface area (Å²) >= 11 is 1.28.